The van der Waals surface area contributed by atoms with Gasteiger partial charge in [-0.05, 0) is 43.0 Å². The van der Waals surface area contributed by atoms with E-state index in [0.29, 0.717) is 6.04 Å². The van der Waals surface area contributed by atoms with E-state index in [9.17, 15) is 0 Å². The van der Waals surface area contributed by atoms with Gasteiger partial charge >= 0.3 is 0 Å². The van der Waals surface area contributed by atoms with Gasteiger partial charge < -0.3 is 5.32 Å². The fourth-order valence-corrected chi connectivity index (χ4v) is 2.75. The lowest BCUT2D eigenvalue weighted by atomic mass is 10.0. The number of hydrogen-bond acceptors (Lipinski definition) is 1. The molecule has 0 heterocycles. The van der Waals surface area contributed by atoms with Crippen LogP contribution in [0.3, 0.4) is 0 Å². The first-order chi connectivity index (χ1) is 10.3. The highest BCUT2D eigenvalue weighted by atomic mass is 14.9. The van der Waals surface area contributed by atoms with E-state index in [0.717, 1.165) is 13.0 Å². The van der Waals surface area contributed by atoms with Crippen molar-refractivity contribution in [3.63, 3.8) is 0 Å². The van der Waals surface area contributed by atoms with Gasteiger partial charge in [-0.1, -0.05) is 74.4 Å². The largest absolute Gasteiger partial charge is 0.310 e. The van der Waals surface area contributed by atoms with E-state index in [1.165, 1.54) is 36.0 Å². The molecule has 0 fully saturated rings. The number of rotatable bonds is 8. The second-order valence-corrected chi connectivity index (χ2v) is 5.74. The van der Waals surface area contributed by atoms with Gasteiger partial charge in [0.1, 0.15) is 0 Å². The van der Waals surface area contributed by atoms with E-state index in [2.05, 4.69) is 73.8 Å². The summed E-state index contributed by atoms with van der Waals surface area (Å²) in [5, 5.41) is 3.75. The maximum absolute atomic E-state index is 3.75. The Balaban J connectivity index is 1.92. The Labute approximate surface area is 129 Å². The fraction of sp³-hybridized carbons (Fsp3) is 0.400. The van der Waals surface area contributed by atoms with E-state index in [1.807, 2.05) is 0 Å². The third-order valence-corrected chi connectivity index (χ3v) is 4.09. The fourth-order valence-electron chi connectivity index (χ4n) is 2.75. The van der Waals surface area contributed by atoms with E-state index < -0.39 is 0 Å². The molecule has 1 heteroatoms. The molecule has 2 aromatic rings. The predicted octanol–water partition coefficient (Wildman–Crippen LogP) is 5.06. The molecule has 0 bridgehead atoms. The molecular weight excluding hydrogens is 254 g/mol. The van der Waals surface area contributed by atoms with Crippen LogP contribution < -0.4 is 5.32 Å². The molecule has 21 heavy (non-hydrogen) atoms. The molecule has 1 unspecified atom stereocenters. The summed E-state index contributed by atoms with van der Waals surface area (Å²) in [6.07, 6.45) is 4.84. The number of benzene rings is 2. The maximum atomic E-state index is 3.75. The lowest BCUT2D eigenvalue weighted by molar-refractivity contribution is 0.484. The maximum Gasteiger partial charge on any atom is 0.0320 e. The normalized spacial score (nSPS) is 12.3. The molecule has 0 aliphatic carbocycles. The van der Waals surface area contributed by atoms with E-state index in [-0.39, 0.29) is 0 Å². The Morgan fingerprint density at radius 2 is 1.67 bits per heavy atom. The van der Waals surface area contributed by atoms with Crippen LogP contribution in [0.25, 0.3) is 0 Å². The van der Waals surface area contributed by atoms with Crippen molar-refractivity contribution < 1.29 is 0 Å². The third kappa shape index (κ3) is 5.02. The van der Waals surface area contributed by atoms with Crippen LogP contribution in [-0.2, 0) is 6.42 Å². The topological polar surface area (TPSA) is 12.0 Å². The van der Waals surface area contributed by atoms with Crippen molar-refractivity contribution >= 4 is 0 Å². The molecule has 1 N–H and O–H groups in total. The Hall–Kier alpha value is -1.60. The second kappa shape index (κ2) is 8.63. The summed E-state index contributed by atoms with van der Waals surface area (Å²) >= 11 is 0. The zero-order valence-electron chi connectivity index (χ0n) is 13.3. The quantitative estimate of drug-likeness (QED) is 0.713. The van der Waals surface area contributed by atoms with Crippen molar-refractivity contribution in [3.05, 3.63) is 71.3 Å². The zero-order valence-corrected chi connectivity index (χ0v) is 13.3. The summed E-state index contributed by atoms with van der Waals surface area (Å²) in [5.41, 5.74) is 4.26. The van der Waals surface area contributed by atoms with Gasteiger partial charge in [-0.3, -0.25) is 0 Å². The molecule has 0 spiro atoms. The number of hydrogen-bond donors (Lipinski definition) is 1. The molecule has 0 aliphatic heterocycles. The van der Waals surface area contributed by atoms with Crippen LogP contribution in [0.5, 0.6) is 0 Å². The first-order valence-electron chi connectivity index (χ1n) is 8.14. The van der Waals surface area contributed by atoms with Crippen LogP contribution in [0.15, 0.2) is 54.6 Å². The Morgan fingerprint density at radius 3 is 2.38 bits per heavy atom. The predicted molar refractivity (Wildman–Crippen MR) is 91.6 cm³/mol. The number of aryl methyl sites for hydroxylation is 1. The average molecular weight is 281 g/mol. The number of nitrogens with one attached hydrogen (secondary N) is 1. The standard InChI is InChI=1S/C20H27N/c1-3-4-14-20(19-12-6-5-7-13-19)21-16-15-18-11-9-8-10-17(18)2/h5-13,20-21H,3-4,14-16H2,1-2H3. The Kier molecular flexibility index (Phi) is 6.49. The van der Waals surface area contributed by atoms with Gasteiger partial charge in [0.2, 0.25) is 0 Å². The summed E-state index contributed by atoms with van der Waals surface area (Å²) < 4.78 is 0. The zero-order chi connectivity index (χ0) is 14.9. The van der Waals surface area contributed by atoms with E-state index >= 15 is 0 Å². The molecule has 0 saturated carbocycles. The van der Waals surface area contributed by atoms with Crippen LogP contribution in [0.2, 0.25) is 0 Å². The van der Waals surface area contributed by atoms with Crippen LogP contribution in [0.4, 0.5) is 0 Å². The summed E-state index contributed by atoms with van der Waals surface area (Å²) in [5.74, 6) is 0. The Bertz CT molecular complexity index is 518. The Morgan fingerprint density at radius 1 is 0.952 bits per heavy atom. The van der Waals surface area contributed by atoms with Crippen molar-refractivity contribution in [2.24, 2.45) is 0 Å². The third-order valence-electron chi connectivity index (χ3n) is 4.09. The smallest absolute Gasteiger partial charge is 0.0320 e. The van der Waals surface area contributed by atoms with Crippen LogP contribution >= 0.6 is 0 Å². The first-order valence-corrected chi connectivity index (χ1v) is 8.14. The highest BCUT2D eigenvalue weighted by molar-refractivity contribution is 5.26. The average Bonchev–Trinajstić information content (AvgIpc) is 2.53. The first kappa shape index (κ1) is 15.8. The molecule has 0 saturated heterocycles. The lowest BCUT2D eigenvalue weighted by Gasteiger charge is -2.19. The van der Waals surface area contributed by atoms with Gasteiger partial charge in [0.15, 0.2) is 0 Å². The number of unbranched alkanes of at least 4 members (excludes halogenated alkanes) is 1. The molecule has 0 radical (unpaired) electrons. The molecule has 2 rings (SSSR count). The van der Waals surface area contributed by atoms with Crippen molar-refractivity contribution in [2.45, 2.75) is 45.6 Å². The van der Waals surface area contributed by atoms with Gasteiger partial charge in [0, 0.05) is 6.04 Å². The highest BCUT2D eigenvalue weighted by Gasteiger charge is 2.09. The molecule has 2 aromatic carbocycles. The van der Waals surface area contributed by atoms with E-state index in [1.54, 1.807) is 0 Å². The summed E-state index contributed by atoms with van der Waals surface area (Å²) in [6, 6.07) is 20.0. The second-order valence-electron chi connectivity index (χ2n) is 5.74. The molecular formula is C20H27N. The SMILES string of the molecule is CCCCC(NCCc1ccccc1C)c1ccccc1. The highest BCUT2D eigenvalue weighted by Crippen LogP contribution is 2.19. The minimum atomic E-state index is 0.482. The van der Waals surface area contributed by atoms with Crippen molar-refractivity contribution in [1.82, 2.24) is 5.32 Å². The molecule has 1 atom stereocenters. The van der Waals surface area contributed by atoms with Crippen molar-refractivity contribution in [2.75, 3.05) is 6.54 Å². The van der Waals surface area contributed by atoms with Crippen LogP contribution in [-0.4, -0.2) is 6.54 Å². The summed E-state index contributed by atoms with van der Waals surface area (Å²) in [6.45, 7) is 5.49. The lowest BCUT2D eigenvalue weighted by Crippen LogP contribution is -2.24. The summed E-state index contributed by atoms with van der Waals surface area (Å²) in [7, 11) is 0. The van der Waals surface area contributed by atoms with Crippen molar-refractivity contribution in [1.29, 1.82) is 0 Å². The molecule has 1 nitrogen and oxygen atoms in total. The van der Waals surface area contributed by atoms with Gasteiger partial charge in [0.05, 0.1) is 0 Å². The van der Waals surface area contributed by atoms with Crippen LogP contribution in [0.1, 0.15) is 48.9 Å². The minimum absolute atomic E-state index is 0.482. The summed E-state index contributed by atoms with van der Waals surface area (Å²) in [4.78, 5) is 0. The van der Waals surface area contributed by atoms with Gasteiger partial charge in [-0.25, -0.2) is 0 Å². The molecule has 0 aromatic heterocycles. The van der Waals surface area contributed by atoms with E-state index in [4.69, 9.17) is 0 Å². The molecule has 0 aliphatic rings. The monoisotopic (exact) mass is 281 g/mol. The van der Waals surface area contributed by atoms with Crippen molar-refractivity contribution in [3.8, 4) is 0 Å². The van der Waals surface area contributed by atoms with Crippen LogP contribution in [0, 0.1) is 6.92 Å². The van der Waals surface area contributed by atoms with Gasteiger partial charge in [0.25, 0.3) is 0 Å². The molecule has 112 valence electrons. The van der Waals surface area contributed by atoms with Gasteiger partial charge in [-0.2, -0.15) is 0 Å². The van der Waals surface area contributed by atoms with Gasteiger partial charge in [-0.15, -0.1) is 0 Å². The minimum Gasteiger partial charge on any atom is -0.310 e. The molecule has 0 amide bonds.